The van der Waals surface area contributed by atoms with Crippen molar-refractivity contribution in [2.45, 2.75) is 334 Å². The zero-order valence-corrected chi connectivity index (χ0v) is 91.5. The monoisotopic (exact) mass is 2050 g/mol. The lowest BCUT2D eigenvalue weighted by Crippen LogP contribution is -2.58. The van der Waals surface area contributed by atoms with Gasteiger partial charge >= 0.3 is 0 Å². The highest BCUT2D eigenvalue weighted by molar-refractivity contribution is 6.01. The van der Waals surface area contributed by atoms with Gasteiger partial charge in [-0.1, -0.05) is 187 Å². The van der Waals surface area contributed by atoms with Gasteiger partial charge in [0.15, 0.2) is 37.2 Å². The molecule has 4 heterocycles. The summed E-state index contributed by atoms with van der Waals surface area (Å²) in [7, 11) is 3.15. The Morgan fingerprint density at radius 2 is 0.680 bits per heavy atom. The van der Waals surface area contributed by atoms with Gasteiger partial charge in [-0.3, -0.25) is 76.9 Å². The molecule has 5 rings (SSSR count). The van der Waals surface area contributed by atoms with Crippen LogP contribution in [0.2, 0.25) is 0 Å². The third-order valence-corrected chi connectivity index (χ3v) is 25.1. The number of nitrogens with one attached hydrogen (secondary N) is 16. The SMILES string of the molecule is CCC[C@@H](C(=O)N[C@H](CN[C@@H](C)C(=O)N[C@H](C(=O)NCC)C(C)C)CC(C)C)N(C)C(=O)[C@@H](NC(=O)c1cc[n+]([O-])cc1)[C@@H](C)CC.CCC[C@@H](C(=O)N[C@H](CN[C@@H](C)C(=O)N[C@H](C(=O)NCC)C(C)C)Cc1ccccc1)N(C)C(=O)[C@H](CC(C)(C)C)NC(=O)c1cc[n+]([O-])cc1.CCC[C@H](NC(=O)[C@@H](NC(=O)c1cc[n+]([O-])cc1)[C@@H](C)CC)C(=O)N[C@H](CN[C@@H](C)C(=O)N[C@H](C(=O)NCC)C(C)C)Cc1ccncc1. The number of aromatic nitrogens is 4. The first-order valence-electron chi connectivity index (χ1n) is 52.0. The van der Waals surface area contributed by atoms with E-state index in [9.17, 15) is 87.5 Å². The number of hydrogen-bond donors (Lipinski definition) is 16. The fraction of sp³-hybridized carbons (Fsp3) is 0.617. The number of rotatable bonds is 59. The number of carbonyl (C=O) groups excluding carboxylic acids is 15. The number of likely N-dealkylation sites (N-methyl/N-ethyl adjacent to an activating group) is 5. The highest BCUT2D eigenvalue weighted by Gasteiger charge is 2.40. The zero-order chi connectivity index (χ0) is 111. The Morgan fingerprint density at radius 3 is 1.03 bits per heavy atom. The van der Waals surface area contributed by atoms with Gasteiger partial charge in [0.1, 0.15) is 54.4 Å². The van der Waals surface area contributed by atoms with Crippen LogP contribution < -0.4 is 99.3 Å². The summed E-state index contributed by atoms with van der Waals surface area (Å²) in [5, 5.41) is 81.2. The summed E-state index contributed by atoms with van der Waals surface area (Å²) in [6.07, 6.45) is 16.6. The summed E-state index contributed by atoms with van der Waals surface area (Å²) in [6, 6.07) is 11.1. The van der Waals surface area contributed by atoms with E-state index in [0.29, 0.717) is 117 Å². The molecule has 818 valence electrons. The van der Waals surface area contributed by atoms with Crippen molar-refractivity contribution in [1.82, 2.24) is 99.9 Å². The van der Waals surface area contributed by atoms with Gasteiger partial charge in [0.2, 0.25) is 70.9 Å². The van der Waals surface area contributed by atoms with Gasteiger partial charge in [-0.15, -0.1) is 0 Å². The maximum atomic E-state index is 14.0. The molecule has 0 aliphatic carbocycles. The fourth-order valence-electron chi connectivity index (χ4n) is 16.0. The van der Waals surface area contributed by atoms with Crippen LogP contribution >= 0.6 is 0 Å². The molecule has 0 radical (unpaired) electrons. The Labute approximate surface area is 870 Å². The summed E-state index contributed by atoms with van der Waals surface area (Å²) >= 11 is 0. The Hall–Kier alpha value is -12.9. The molecule has 17 atom stereocenters. The van der Waals surface area contributed by atoms with Gasteiger partial charge < -0.3 is 110 Å². The van der Waals surface area contributed by atoms with Crippen molar-refractivity contribution in [3.8, 4) is 0 Å². The van der Waals surface area contributed by atoms with E-state index >= 15 is 0 Å². The molecule has 0 bridgehead atoms. The van der Waals surface area contributed by atoms with E-state index < -0.39 is 120 Å². The third-order valence-electron chi connectivity index (χ3n) is 25.1. The number of nitrogens with zero attached hydrogens (tertiary/aromatic N) is 6. The van der Waals surface area contributed by atoms with Crippen LogP contribution in [0.3, 0.4) is 0 Å². The van der Waals surface area contributed by atoms with E-state index in [2.05, 4.69) is 90.1 Å². The van der Waals surface area contributed by atoms with E-state index in [1.165, 1.54) is 83.4 Å². The number of hydrogen-bond acceptors (Lipinski definition) is 22. The average Bonchev–Trinajstić information content (AvgIpc) is 0.829. The molecule has 1 aromatic carbocycles. The summed E-state index contributed by atoms with van der Waals surface area (Å²) in [5.74, 6) is -6.17. The second-order valence-corrected chi connectivity index (χ2v) is 40.4. The summed E-state index contributed by atoms with van der Waals surface area (Å²) in [4.78, 5) is 206. The molecule has 0 unspecified atom stereocenters. The molecule has 0 spiro atoms. The standard InChI is InChI=1S/C38H59N7O6.C35H54N8O6.C34H59N7O6/c1-10-15-31(44(9)37(50)30(23-38(6,7)8)42-34(47)28-18-20-45(51)21-19-28)35(48)41-29(22-27-16-13-12-14-17-27)24-40-26(5)33(46)43-32(25(3)4)36(49)39-11-2;1-8-11-28(40-35(48)30(23(6)9-2)42-32(45)26-14-18-43(49)19-15-26)33(46)39-27(20-25-12-16-36-17-13-25)21-38-24(7)31(44)41-29(22(4)5)34(47)37-10-3;1-11-14-27(40(10)34(46)29(23(8)12-2)39-31(43)25-15-17-41(47)18-16-25)32(44)37-26(19-21(4)5)20-36-24(9)30(42)38-28(22(6)7)33(45)35-13-3/h12-14,16-21,25-26,29-32,40H,10-11,15,22-24H2,1-9H3,(H,39,49)(H,41,48)(H,42,47)(H,43,46);12-19,22-24,27-30,38H,8-11,20-21H2,1-7H3,(H,37,47)(H,39,46)(H,40,48)(H,41,44)(H,42,45);15-18,21-24,26-29,36H,11-14,19-20H2,1-10H3,(H,35,45)(H,37,44)(H,38,42)(H,39,43)/t26-,29-,30-,31-,32-;23-,24-,27-,28-,29-,30-;23-,24-,26-,27-,28-,29-/m000/s1. The second-order valence-electron chi connectivity index (χ2n) is 40.4. The first-order valence-corrected chi connectivity index (χ1v) is 52.0. The lowest BCUT2D eigenvalue weighted by molar-refractivity contribution is -0.605. The van der Waals surface area contributed by atoms with Gasteiger partial charge in [0.25, 0.3) is 17.7 Å². The van der Waals surface area contributed by atoms with Crippen molar-refractivity contribution >= 4 is 88.6 Å². The predicted molar refractivity (Wildman–Crippen MR) is 565 cm³/mol. The quantitative estimate of drug-likeness (QED) is 0.0169. The van der Waals surface area contributed by atoms with E-state index in [0.717, 1.165) is 11.1 Å². The number of carbonyl (C=O) groups is 15. The third kappa shape index (κ3) is 46.0. The van der Waals surface area contributed by atoms with Crippen molar-refractivity contribution in [3.05, 3.63) is 172 Å². The molecule has 0 saturated carbocycles. The van der Waals surface area contributed by atoms with Crippen LogP contribution in [0.5, 0.6) is 0 Å². The maximum Gasteiger partial charge on any atom is 0.252 e. The van der Waals surface area contributed by atoms with E-state index in [4.69, 9.17) is 0 Å². The van der Waals surface area contributed by atoms with Crippen LogP contribution in [0.4, 0.5) is 0 Å². The Balaban J connectivity index is 0.000000567. The molecular formula is C107H172N22O18. The molecule has 40 nitrogen and oxygen atoms in total. The number of benzene rings is 1. The van der Waals surface area contributed by atoms with Gasteiger partial charge in [-0.25, -0.2) is 0 Å². The molecular weight excluding hydrogens is 1880 g/mol. The van der Waals surface area contributed by atoms with Gasteiger partial charge in [0, 0.05) is 120 Å². The molecule has 16 N–H and O–H groups in total. The topological polar surface area (TPSA) is 549 Å². The molecule has 147 heavy (non-hydrogen) atoms. The van der Waals surface area contributed by atoms with Crippen LogP contribution in [0.1, 0.15) is 273 Å². The molecule has 5 aromatic rings. The van der Waals surface area contributed by atoms with E-state index in [1.807, 2.05) is 188 Å². The summed E-state index contributed by atoms with van der Waals surface area (Å²) in [6.45, 7) is 47.1. The van der Waals surface area contributed by atoms with Crippen LogP contribution in [-0.2, 0) is 70.4 Å². The Morgan fingerprint density at radius 1 is 0.347 bits per heavy atom. The molecule has 0 aliphatic rings. The summed E-state index contributed by atoms with van der Waals surface area (Å²) < 4.78 is 1.71. The van der Waals surface area contributed by atoms with Crippen LogP contribution in [0.25, 0.3) is 0 Å². The second kappa shape index (κ2) is 66.4. The molecule has 0 fully saturated rings. The highest BCUT2D eigenvalue weighted by atomic mass is 16.5. The van der Waals surface area contributed by atoms with Crippen LogP contribution in [-0.4, -0.2) is 247 Å². The van der Waals surface area contributed by atoms with Crippen LogP contribution in [0, 0.1) is 56.5 Å². The Bertz CT molecular complexity index is 4900. The fourth-order valence-corrected chi connectivity index (χ4v) is 16.0. The Kier molecular flexibility index (Phi) is 57.9. The van der Waals surface area contributed by atoms with Crippen molar-refractivity contribution in [3.63, 3.8) is 0 Å². The first-order chi connectivity index (χ1) is 69.3. The molecule has 4 aromatic heterocycles. The largest absolute Gasteiger partial charge is 0.619 e. The number of pyridine rings is 4. The van der Waals surface area contributed by atoms with E-state index in [-0.39, 0.29) is 130 Å². The normalized spacial score (nSPS) is 14.8. The van der Waals surface area contributed by atoms with Gasteiger partial charge in [0.05, 0.1) is 34.8 Å². The molecule has 0 saturated heterocycles. The van der Waals surface area contributed by atoms with Crippen LogP contribution in [0.15, 0.2) is 128 Å². The smallest absolute Gasteiger partial charge is 0.252 e. The minimum absolute atomic E-state index is 0.0985. The van der Waals surface area contributed by atoms with Crippen molar-refractivity contribution in [1.29, 1.82) is 0 Å². The zero-order valence-electron chi connectivity index (χ0n) is 91.5. The van der Waals surface area contributed by atoms with E-state index in [1.54, 1.807) is 47.3 Å². The lowest BCUT2D eigenvalue weighted by Gasteiger charge is -2.34. The predicted octanol–water partition coefficient (Wildman–Crippen LogP) is 5.47. The highest BCUT2D eigenvalue weighted by Crippen LogP contribution is 2.25. The molecule has 15 amide bonds. The minimum atomic E-state index is -0.926. The molecule has 40 heteroatoms. The van der Waals surface area contributed by atoms with Gasteiger partial charge in [-0.2, -0.15) is 14.2 Å². The minimum Gasteiger partial charge on any atom is -0.619 e. The van der Waals surface area contributed by atoms with Crippen molar-refractivity contribution < 1.29 is 86.1 Å². The number of amides is 15. The lowest BCUT2D eigenvalue weighted by atomic mass is 9.87. The van der Waals surface area contributed by atoms with Crippen molar-refractivity contribution in [2.24, 2.45) is 40.9 Å². The van der Waals surface area contributed by atoms with Crippen molar-refractivity contribution in [2.75, 3.05) is 53.4 Å². The van der Waals surface area contributed by atoms with Gasteiger partial charge in [-0.05, 0) is 151 Å². The maximum absolute atomic E-state index is 14.0. The first kappa shape index (κ1) is 128. The summed E-state index contributed by atoms with van der Waals surface area (Å²) in [5.41, 5.74) is 2.27. The molecule has 0 aliphatic heterocycles. The average molecular weight is 2050 g/mol.